The number of hydrogen-bond acceptors (Lipinski definition) is 3. The molecule has 0 N–H and O–H groups in total. The highest BCUT2D eigenvalue weighted by Crippen LogP contribution is 2.25. The number of hydrogen-bond donors (Lipinski definition) is 0. The van der Waals surface area contributed by atoms with E-state index >= 15 is 0 Å². The smallest absolute Gasteiger partial charge is 0.138 e. The van der Waals surface area contributed by atoms with E-state index in [1.165, 1.54) is 0 Å². The van der Waals surface area contributed by atoms with E-state index in [9.17, 15) is 0 Å². The van der Waals surface area contributed by atoms with Crippen LogP contribution in [0.15, 0.2) is 42.5 Å². The Morgan fingerprint density at radius 2 is 1.75 bits per heavy atom. The van der Waals surface area contributed by atoms with Crippen LogP contribution < -0.4 is 9.47 Å². The van der Waals surface area contributed by atoms with Gasteiger partial charge < -0.3 is 9.47 Å². The lowest BCUT2D eigenvalue weighted by atomic mass is 10.2. The highest BCUT2D eigenvalue weighted by molar-refractivity contribution is 6.32. The molecule has 0 fully saturated rings. The van der Waals surface area contributed by atoms with E-state index in [0.717, 1.165) is 5.56 Å². The molecule has 2 aromatic carbocycles. The number of nitriles is 1. The van der Waals surface area contributed by atoms with Gasteiger partial charge in [0.05, 0.1) is 10.6 Å². The fraction of sp³-hybridized carbons (Fsp3) is 0.188. The molecule has 102 valence electrons. The zero-order valence-corrected chi connectivity index (χ0v) is 11.9. The number of nitrogens with zero attached hydrogens (tertiary/aromatic N) is 1. The molecule has 0 unspecified atom stereocenters. The normalized spacial score (nSPS) is 9.85. The van der Waals surface area contributed by atoms with Crippen LogP contribution in [0.4, 0.5) is 0 Å². The standard InChI is InChI=1S/C16H14ClNO2/c1-12-6-7-14(17)16(10-12)20-9-8-19-15-5-3-2-4-13(15)11-18/h2-7,10H,8-9H2,1H3. The summed E-state index contributed by atoms with van der Waals surface area (Å²) in [5.41, 5.74) is 1.60. The van der Waals surface area contributed by atoms with Crippen molar-refractivity contribution in [3.8, 4) is 17.6 Å². The highest BCUT2D eigenvalue weighted by Gasteiger charge is 2.03. The summed E-state index contributed by atoms with van der Waals surface area (Å²) < 4.78 is 11.1. The van der Waals surface area contributed by atoms with Crippen molar-refractivity contribution in [3.05, 3.63) is 58.6 Å². The third-order valence-electron chi connectivity index (χ3n) is 2.69. The molecule has 0 aromatic heterocycles. The van der Waals surface area contributed by atoms with Crippen molar-refractivity contribution in [1.82, 2.24) is 0 Å². The van der Waals surface area contributed by atoms with Crippen molar-refractivity contribution in [2.24, 2.45) is 0 Å². The van der Waals surface area contributed by atoms with Crippen molar-refractivity contribution in [1.29, 1.82) is 5.26 Å². The van der Waals surface area contributed by atoms with Crippen LogP contribution in [-0.2, 0) is 0 Å². The van der Waals surface area contributed by atoms with E-state index in [4.69, 9.17) is 26.3 Å². The van der Waals surface area contributed by atoms with Crippen LogP contribution >= 0.6 is 11.6 Å². The van der Waals surface area contributed by atoms with E-state index < -0.39 is 0 Å². The van der Waals surface area contributed by atoms with Gasteiger partial charge in [0, 0.05) is 0 Å². The van der Waals surface area contributed by atoms with Gasteiger partial charge >= 0.3 is 0 Å². The first-order chi connectivity index (χ1) is 9.70. The average Bonchev–Trinajstić information content (AvgIpc) is 2.47. The van der Waals surface area contributed by atoms with Gasteiger partial charge in [0.15, 0.2) is 0 Å². The number of rotatable bonds is 5. The maximum Gasteiger partial charge on any atom is 0.138 e. The van der Waals surface area contributed by atoms with Crippen LogP contribution in [0, 0.1) is 18.3 Å². The number of aryl methyl sites for hydroxylation is 1. The Hall–Kier alpha value is -2.18. The van der Waals surface area contributed by atoms with E-state index in [1.54, 1.807) is 24.3 Å². The molecule has 2 rings (SSSR count). The van der Waals surface area contributed by atoms with Crippen molar-refractivity contribution >= 4 is 11.6 Å². The van der Waals surface area contributed by atoms with Crippen LogP contribution in [0.1, 0.15) is 11.1 Å². The van der Waals surface area contributed by atoms with E-state index in [0.29, 0.717) is 35.3 Å². The highest BCUT2D eigenvalue weighted by atomic mass is 35.5. The fourth-order valence-corrected chi connectivity index (χ4v) is 1.88. The molecule has 0 aliphatic carbocycles. The maximum absolute atomic E-state index is 8.94. The molecule has 3 nitrogen and oxygen atoms in total. The molecule has 0 aliphatic rings. The largest absolute Gasteiger partial charge is 0.489 e. The molecule has 0 radical (unpaired) electrons. The number of ether oxygens (including phenoxy) is 2. The number of para-hydroxylation sites is 1. The molecule has 0 heterocycles. The van der Waals surface area contributed by atoms with Crippen LogP contribution in [0.2, 0.25) is 5.02 Å². The molecular formula is C16H14ClNO2. The summed E-state index contributed by atoms with van der Waals surface area (Å²) in [5.74, 6) is 1.21. The minimum atomic E-state index is 0.350. The van der Waals surface area contributed by atoms with Gasteiger partial charge in [0.1, 0.15) is 30.8 Å². The lowest BCUT2D eigenvalue weighted by Crippen LogP contribution is -2.09. The molecule has 0 aliphatic heterocycles. The van der Waals surface area contributed by atoms with Gasteiger partial charge in [-0.15, -0.1) is 0 Å². The van der Waals surface area contributed by atoms with Crippen LogP contribution in [0.25, 0.3) is 0 Å². The molecular weight excluding hydrogens is 274 g/mol. The van der Waals surface area contributed by atoms with Crippen LogP contribution in [-0.4, -0.2) is 13.2 Å². The third kappa shape index (κ3) is 3.66. The second-order valence-electron chi connectivity index (χ2n) is 4.24. The summed E-state index contributed by atoms with van der Waals surface area (Å²) in [6, 6.07) is 14.8. The SMILES string of the molecule is Cc1ccc(Cl)c(OCCOc2ccccc2C#N)c1. The quantitative estimate of drug-likeness (QED) is 0.781. The van der Waals surface area contributed by atoms with Crippen molar-refractivity contribution in [3.63, 3.8) is 0 Å². The van der Waals surface area contributed by atoms with E-state index in [2.05, 4.69) is 6.07 Å². The van der Waals surface area contributed by atoms with Gasteiger partial charge in [0.2, 0.25) is 0 Å². The van der Waals surface area contributed by atoms with Crippen LogP contribution in [0.5, 0.6) is 11.5 Å². The van der Waals surface area contributed by atoms with Gasteiger partial charge in [-0.05, 0) is 36.8 Å². The minimum Gasteiger partial charge on any atom is -0.489 e. The Balaban J connectivity index is 1.88. The van der Waals surface area contributed by atoms with Gasteiger partial charge in [-0.1, -0.05) is 29.8 Å². The fourth-order valence-electron chi connectivity index (χ4n) is 1.71. The Bertz CT molecular complexity index is 635. The molecule has 0 bridgehead atoms. The van der Waals surface area contributed by atoms with Crippen LogP contribution in [0.3, 0.4) is 0 Å². The molecule has 0 amide bonds. The number of halogens is 1. The third-order valence-corrected chi connectivity index (χ3v) is 3.00. The summed E-state index contributed by atoms with van der Waals surface area (Å²) >= 11 is 6.03. The summed E-state index contributed by atoms with van der Waals surface area (Å²) in [6.07, 6.45) is 0. The Labute approximate surface area is 123 Å². The zero-order valence-electron chi connectivity index (χ0n) is 11.1. The van der Waals surface area contributed by atoms with E-state index in [-0.39, 0.29) is 0 Å². The van der Waals surface area contributed by atoms with Crippen molar-refractivity contribution in [2.75, 3.05) is 13.2 Å². The molecule has 2 aromatic rings. The second kappa shape index (κ2) is 6.83. The topological polar surface area (TPSA) is 42.2 Å². The van der Waals surface area contributed by atoms with Gasteiger partial charge in [-0.2, -0.15) is 5.26 Å². The zero-order chi connectivity index (χ0) is 14.4. The average molecular weight is 288 g/mol. The Morgan fingerprint density at radius 1 is 1.05 bits per heavy atom. The monoisotopic (exact) mass is 287 g/mol. The van der Waals surface area contributed by atoms with Crippen molar-refractivity contribution in [2.45, 2.75) is 6.92 Å². The molecule has 0 spiro atoms. The van der Waals surface area contributed by atoms with Gasteiger partial charge in [-0.3, -0.25) is 0 Å². The summed E-state index contributed by atoms with van der Waals surface area (Å²) in [4.78, 5) is 0. The predicted octanol–water partition coefficient (Wildman–Crippen LogP) is 3.98. The summed E-state index contributed by atoms with van der Waals surface area (Å²) in [7, 11) is 0. The maximum atomic E-state index is 8.94. The predicted molar refractivity (Wildman–Crippen MR) is 78.3 cm³/mol. The first-order valence-electron chi connectivity index (χ1n) is 6.21. The molecule has 20 heavy (non-hydrogen) atoms. The Morgan fingerprint density at radius 3 is 2.50 bits per heavy atom. The summed E-state index contributed by atoms with van der Waals surface area (Å²) in [5, 5.41) is 9.52. The minimum absolute atomic E-state index is 0.350. The van der Waals surface area contributed by atoms with Crippen molar-refractivity contribution < 1.29 is 9.47 Å². The first kappa shape index (κ1) is 14.2. The Kier molecular flexibility index (Phi) is 4.86. The second-order valence-corrected chi connectivity index (χ2v) is 4.65. The summed E-state index contributed by atoms with van der Waals surface area (Å²) in [6.45, 7) is 2.69. The van der Waals surface area contributed by atoms with Gasteiger partial charge in [-0.25, -0.2) is 0 Å². The lowest BCUT2D eigenvalue weighted by Gasteiger charge is -2.10. The molecule has 4 heteroatoms. The van der Waals surface area contributed by atoms with Gasteiger partial charge in [0.25, 0.3) is 0 Å². The lowest BCUT2D eigenvalue weighted by molar-refractivity contribution is 0.217. The first-order valence-corrected chi connectivity index (χ1v) is 6.59. The number of benzene rings is 2. The van der Waals surface area contributed by atoms with E-state index in [1.807, 2.05) is 25.1 Å². The molecule has 0 saturated carbocycles. The molecule has 0 saturated heterocycles. The molecule has 0 atom stereocenters.